The molecule has 0 unspecified atom stereocenters. The minimum atomic E-state index is -0.206. The standard InChI is InChI=1S/C19H22N2O/c1-14-5-9-16(10-6-14)18(22)21-20-13-15-7-11-17(12-8-15)19(2,3)4/h5-13H,1-4H3,(H,21,22)/b20-13-. The summed E-state index contributed by atoms with van der Waals surface area (Å²) in [5.41, 5.74) is 6.63. The van der Waals surface area contributed by atoms with Crippen molar-refractivity contribution < 1.29 is 4.79 Å². The molecule has 2 aromatic rings. The number of hydrazone groups is 1. The van der Waals surface area contributed by atoms with Gasteiger partial charge in [-0.25, -0.2) is 5.43 Å². The largest absolute Gasteiger partial charge is 0.271 e. The Balaban J connectivity index is 1.97. The van der Waals surface area contributed by atoms with Crippen molar-refractivity contribution in [2.75, 3.05) is 0 Å². The summed E-state index contributed by atoms with van der Waals surface area (Å²) in [5, 5.41) is 4.01. The summed E-state index contributed by atoms with van der Waals surface area (Å²) in [5.74, 6) is -0.206. The van der Waals surface area contributed by atoms with Crippen LogP contribution in [0.5, 0.6) is 0 Å². The van der Waals surface area contributed by atoms with Crippen molar-refractivity contribution >= 4 is 12.1 Å². The number of hydrogen-bond acceptors (Lipinski definition) is 2. The van der Waals surface area contributed by atoms with Crippen molar-refractivity contribution in [2.45, 2.75) is 33.1 Å². The van der Waals surface area contributed by atoms with Crippen LogP contribution in [-0.4, -0.2) is 12.1 Å². The molecular weight excluding hydrogens is 272 g/mol. The van der Waals surface area contributed by atoms with E-state index in [0.717, 1.165) is 11.1 Å². The Morgan fingerprint density at radius 2 is 1.59 bits per heavy atom. The smallest absolute Gasteiger partial charge is 0.267 e. The fourth-order valence-electron chi connectivity index (χ4n) is 2.00. The molecule has 0 spiro atoms. The van der Waals surface area contributed by atoms with Crippen LogP contribution in [-0.2, 0) is 5.41 Å². The molecule has 1 N–H and O–H groups in total. The van der Waals surface area contributed by atoms with E-state index in [9.17, 15) is 4.79 Å². The highest BCUT2D eigenvalue weighted by atomic mass is 16.2. The highest BCUT2D eigenvalue weighted by Gasteiger charge is 2.12. The third-order valence-corrected chi connectivity index (χ3v) is 3.47. The number of hydrogen-bond donors (Lipinski definition) is 1. The number of nitrogens with zero attached hydrogens (tertiary/aromatic N) is 1. The number of carbonyl (C=O) groups is 1. The summed E-state index contributed by atoms with van der Waals surface area (Å²) in [7, 11) is 0. The average Bonchev–Trinajstić information content (AvgIpc) is 2.47. The molecule has 0 aromatic heterocycles. The van der Waals surface area contributed by atoms with Crippen molar-refractivity contribution in [3.05, 3.63) is 70.8 Å². The molecule has 0 bridgehead atoms. The van der Waals surface area contributed by atoms with Crippen molar-refractivity contribution in [1.29, 1.82) is 0 Å². The summed E-state index contributed by atoms with van der Waals surface area (Å²) in [6.07, 6.45) is 1.65. The number of nitrogens with one attached hydrogen (secondary N) is 1. The summed E-state index contributed by atoms with van der Waals surface area (Å²) in [6.45, 7) is 8.52. The number of amides is 1. The van der Waals surface area contributed by atoms with Gasteiger partial charge in [0.2, 0.25) is 0 Å². The van der Waals surface area contributed by atoms with Crippen LogP contribution < -0.4 is 5.43 Å². The monoisotopic (exact) mass is 294 g/mol. The Bertz CT molecular complexity index is 662. The summed E-state index contributed by atoms with van der Waals surface area (Å²) < 4.78 is 0. The van der Waals surface area contributed by atoms with E-state index in [2.05, 4.69) is 43.4 Å². The Morgan fingerprint density at radius 1 is 1.00 bits per heavy atom. The second-order valence-corrected chi connectivity index (χ2v) is 6.44. The lowest BCUT2D eigenvalue weighted by molar-refractivity contribution is 0.0955. The number of rotatable bonds is 3. The lowest BCUT2D eigenvalue weighted by atomic mass is 9.87. The number of carbonyl (C=O) groups excluding carboxylic acids is 1. The molecule has 22 heavy (non-hydrogen) atoms. The topological polar surface area (TPSA) is 41.5 Å². The highest BCUT2D eigenvalue weighted by Crippen LogP contribution is 2.21. The summed E-state index contributed by atoms with van der Waals surface area (Å²) in [6, 6.07) is 15.6. The van der Waals surface area contributed by atoms with Gasteiger partial charge in [0.1, 0.15) is 0 Å². The van der Waals surface area contributed by atoms with Gasteiger partial charge in [0, 0.05) is 5.56 Å². The summed E-state index contributed by atoms with van der Waals surface area (Å²) >= 11 is 0. The molecule has 0 aliphatic rings. The number of aryl methyl sites for hydroxylation is 1. The van der Waals surface area contributed by atoms with Gasteiger partial charge in [0.25, 0.3) is 5.91 Å². The van der Waals surface area contributed by atoms with Crippen LogP contribution in [0.1, 0.15) is 47.8 Å². The SMILES string of the molecule is Cc1ccc(C(=O)N/N=C\c2ccc(C(C)(C)C)cc2)cc1. The fourth-order valence-corrected chi connectivity index (χ4v) is 2.00. The minimum Gasteiger partial charge on any atom is -0.267 e. The molecule has 2 rings (SSSR count). The quantitative estimate of drug-likeness (QED) is 0.673. The van der Waals surface area contributed by atoms with E-state index in [0.29, 0.717) is 5.56 Å². The Labute approximate surface area is 132 Å². The van der Waals surface area contributed by atoms with Gasteiger partial charge >= 0.3 is 0 Å². The summed E-state index contributed by atoms with van der Waals surface area (Å²) in [4.78, 5) is 11.9. The second kappa shape index (κ2) is 6.56. The van der Waals surface area contributed by atoms with Crippen LogP contribution in [0.15, 0.2) is 53.6 Å². The normalized spacial score (nSPS) is 11.6. The molecule has 3 heteroatoms. The first kappa shape index (κ1) is 16.0. The van der Waals surface area contributed by atoms with Gasteiger partial charge in [-0.05, 0) is 35.6 Å². The van der Waals surface area contributed by atoms with E-state index in [1.54, 1.807) is 18.3 Å². The lowest BCUT2D eigenvalue weighted by Gasteiger charge is -2.18. The zero-order valence-corrected chi connectivity index (χ0v) is 13.6. The molecule has 0 fully saturated rings. The minimum absolute atomic E-state index is 0.134. The van der Waals surface area contributed by atoms with Crippen molar-refractivity contribution in [3.8, 4) is 0 Å². The molecule has 0 atom stereocenters. The first-order chi connectivity index (χ1) is 10.4. The fraction of sp³-hybridized carbons (Fsp3) is 0.263. The third kappa shape index (κ3) is 4.29. The van der Waals surface area contributed by atoms with Gasteiger partial charge < -0.3 is 0 Å². The maximum Gasteiger partial charge on any atom is 0.271 e. The Kier molecular flexibility index (Phi) is 4.76. The van der Waals surface area contributed by atoms with Crippen LogP contribution in [0, 0.1) is 6.92 Å². The number of benzene rings is 2. The van der Waals surface area contributed by atoms with Gasteiger partial charge in [-0.3, -0.25) is 4.79 Å². The predicted molar refractivity (Wildman–Crippen MR) is 91.4 cm³/mol. The van der Waals surface area contributed by atoms with Crippen LogP contribution in [0.25, 0.3) is 0 Å². The zero-order valence-electron chi connectivity index (χ0n) is 13.6. The van der Waals surface area contributed by atoms with Crippen molar-refractivity contribution in [2.24, 2.45) is 5.10 Å². The van der Waals surface area contributed by atoms with Crippen LogP contribution in [0.4, 0.5) is 0 Å². The molecule has 2 aromatic carbocycles. The second-order valence-electron chi connectivity index (χ2n) is 6.44. The average molecular weight is 294 g/mol. The maximum atomic E-state index is 11.9. The van der Waals surface area contributed by atoms with Crippen molar-refractivity contribution in [3.63, 3.8) is 0 Å². The van der Waals surface area contributed by atoms with E-state index in [4.69, 9.17) is 0 Å². The van der Waals surface area contributed by atoms with Gasteiger partial charge in [0.15, 0.2) is 0 Å². The van der Waals surface area contributed by atoms with Gasteiger partial charge in [-0.15, -0.1) is 0 Å². The Morgan fingerprint density at radius 3 is 2.14 bits per heavy atom. The van der Waals surface area contributed by atoms with Crippen LogP contribution in [0.2, 0.25) is 0 Å². The molecule has 0 aliphatic heterocycles. The highest BCUT2D eigenvalue weighted by molar-refractivity contribution is 5.94. The molecule has 0 heterocycles. The van der Waals surface area contributed by atoms with Crippen LogP contribution >= 0.6 is 0 Å². The zero-order chi connectivity index (χ0) is 16.2. The predicted octanol–water partition coefficient (Wildman–Crippen LogP) is 4.06. The van der Waals surface area contributed by atoms with E-state index in [1.807, 2.05) is 31.2 Å². The molecule has 1 amide bonds. The van der Waals surface area contributed by atoms with Crippen LogP contribution in [0.3, 0.4) is 0 Å². The molecule has 0 saturated heterocycles. The third-order valence-electron chi connectivity index (χ3n) is 3.47. The van der Waals surface area contributed by atoms with E-state index >= 15 is 0 Å². The van der Waals surface area contributed by atoms with E-state index in [-0.39, 0.29) is 11.3 Å². The molecule has 0 radical (unpaired) electrons. The molecule has 114 valence electrons. The van der Waals surface area contributed by atoms with E-state index in [1.165, 1.54) is 5.56 Å². The first-order valence-corrected chi connectivity index (χ1v) is 7.37. The van der Waals surface area contributed by atoms with Gasteiger partial charge in [-0.2, -0.15) is 5.10 Å². The van der Waals surface area contributed by atoms with Gasteiger partial charge in [-0.1, -0.05) is 62.7 Å². The lowest BCUT2D eigenvalue weighted by Crippen LogP contribution is -2.17. The molecule has 0 saturated carbocycles. The molecular formula is C19H22N2O. The maximum absolute atomic E-state index is 11.9. The van der Waals surface area contributed by atoms with Crippen molar-refractivity contribution in [1.82, 2.24) is 5.43 Å². The Hall–Kier alpha value is -2.42. The first-order valence-electron chi connectivity index (χ1n) is 7.37. The van der Waals surface area contributed by atoms with E-state index < -0.39 is 0 Å². The van der Waals surface area contributed by atoms with Gasteiger partial charge in [0.05, 0.1) is 6.21 Å². The molecule has 3 nitrogen and oxygen atoms in total. The molecule has 0 aliphatic carbocycles.